The van der Waals surface area contributed by atoms with Gasteiger partial charge in [-0.05, 0) is 44.7 Å². The number of carbonyl (C=O) groups excluding carboxylic acids is 1. The number of amides is 1. The van der Waals surface area contributed by atoms with E-state index in [1.54, 1.807) is 11.3 Å². The van der Waals surface area contributed by atoms with E-state index in [2.05, 4.69) is 10.3 Å². The van der Waals surface area contributed by atoms with Crippen molar-refractivity contribution in [2.45, 2.75) is 39.2 Å². The molecule has 3 rings (SSSR count). The zero-order valence-electron chi connectivity index (χ0n) is 11.5. The topological polar surface area (TPSA) is 68.0 Å². The van der Waals surface area contributed by atoms with Crippen LogP contribution in [0.3, 0.4) is 0 Å². The van der Waals surface area contributed by atoms with Gasteiger partial charge in [-0.25, -0.2) is 4.98 Å². The van der Waals surface area contributed by atoms with Crippen LogP contribution in [-0.4, -0.2) is 16.9 Å². The highest BCUT2D eigenvalue weighted by Gasteiger charge is 2.21. The molecule has 2 heterocycles. The lowest BCUT2D eigenvalue weighted by Gasteiger charge is -2.15. The highest BCUT2D eigenvalue weighted by Crippen LogP contribution is 2.30. The number of aromatic nitrogens is 1. The molecule has 4 nitrogen and oxygen atoms in total. The Hall–Kier alpha value is -1.24. The Labute approximate surface area is 126 Å². The van der Waals surface area contributed by atoms with E-state index in [1.165, 1.54) is 21.1 Å². The van der Waals surface area contributed by atoms with Gasteiger partial charge in [0.2, 0.25) is 0 Å². The van der Waals surface area contributed by atoms with Crippen molar-refractivity contribution in [1.82, 2.24) is 4.98 Å². The van der Waals surface area contributed by atoms with E-state index in [0.29, 0.717) is 5.13 Å². The second-order valence-corrected chi connectivity index (χ2v) is 7.54. The fraction of sp³-hybridized carbons (Fsp3) is 0.429. The summed E-state index contributed by atoms with van der Waals surface area (Å²) < 4.78 is 0. The summed E-state index contributed by atoms with van der Waals surface area (Å²) >= 11 is 3.08. The molecule has 0 aromatic carbocycles. The van der Waals surface area contributed by atoms with Gasteiger partial charge in [0, 0.05) is 15.8 Å². The minimum absolute atomic E-state index is 0.0680. The van der Waals surface area contributed by atoms with E-state index in [9.17, 15) is 4.79 Å². The van der Waals surface area contributed by atoms with Crippen molar-refractivity contribution in [3.05, 3.63) is 32.0 Å². The zero-order valence-corrected chi connectivity index (χ0v) is 13.2. The summed E-state index contributed by atoms with van der Waals surface area (Å²) in [6, 6.07) is 2.16. The molecule has 0 spiro atoms. The molecule has 0 aliphatic heterocycles. The molecule has 0 radical (unpaired) electrons. The molecule has 0 saturated carbocycles. The Balaban J connectivity index is 1.76. The Morgan fingerprint density at radius 3 is 2.95 bits per heavy atom. The Kier molecular flexibility index (Phi) is 3.62. The van der Waals surface area contributed by atoms with Crippen molar-refractivity contribution >= 4 is 33.7 Å². The van der Waals surface area contributed by atoms with Crippen molar-refractivity contribution in [3.8, 4) is 0 Å². The van der Waals surface area contributed by atoms with Gasteiger partial charge in [0.25, 0.3) is 5.91 Å². The molecule has 0 saturated heterocycles. The fourth-order valence-electron chi connectivity index (χ4n) is 2.30. The molecular weight excluding hydrogens is 290 g/mol. The van der Waals surface area contributed by atoms with E-state index in [4.69, 9.17) is 5.73 Å². The van der Waals surface area contributed by atoms with Crippen LogP contribution < -0.4 is 11.1 Å². The maximum Gasteiger partial charge on any atom is 0.267 e. The number of nitrogens with two attached hydrogens (primary N) is 1. The van der Waals surface area contributed by atoms with Gasteiger partial charge in [0.15, 0.2) is 5.13 Å². The Bertz CT molecular complexity index is 640. The second-order valence-electron chi connectivity index (χ2n) is 5.20. The lowest BCUT2D eigenvalue weighted by molar-refractivity contribution is 0.103. The van der Waals surface area contributed by atoms with Crippen molar-refractivity contribution in [3.63, 3.8) is 0 Å². The van der Waals surface area contributed by atoms with Crippen molar-refractivity contribution in [1.29, 1.82) is 0 Å². The first-order valence-electron chi connectivity index (χ1n) is 6.65. The lowest BCUT2D eigenvalue weighted by Crippen LogP contribution is -2.26. The second kappa shape index (κ2) is 5.27. The van der Waals surface area contributed by atoms with Crippen LogP contribution in [0.1, 0.15) is 37.1 Å². The number of fused-ring (bicyclic) bond motifs is 1. The smallest absolute Gasteiger partial charge is 0.267 e. The lowest BCUT2D eigenvalue weighted by atomic mass is 9.99. The van der Waals surface area contributed by atoms with E-state index < -0.39 is 0 Å². The molecule has 0 fully saturated rings. The quantitative estimate of drug-likeness (QED) is 0.896. The summed E-state index contributed by atoms with van der Waals surface area (Å²) in [6.07, 6.45) is 2.77. The third kappa shape index (κ3) is 2.63. The fourth-order valence-corrected chi connectivity index (χ4v) is 4.32. The van der Waals surface area contributed by atoms with Gasteiger partial charge in [-0.1, -0.05) is 0 Å². The average Bonchev–Trinajstić information content (AvgIpc) is 2.93. The van der Waals surface area contributed by atoms with E-state index in [0.717, 1.165) is 35.4 Å². The third-order valence-electron chi connectivity index (χ3n) is 3.59. The van der Waals surface area contributed by atoms with Crippen LogP contribution in [0, 0.1) is 13.8 Å². The van der Waals surface area contributed by atoms with Gasteiger partial charge in [-0.2, -0.15) is 0 Å². The first-order valence-corrected chi connectivity index (χ1v) is 8.29. The van der Waals surface area contributed by atoms with Crippen LogP contribution in [0.15, 0.2) is 6.07 Å². The van der Waals surface area contributed by atoms with Crippen molar-refractivity contribution in [2.24, 2.45) is 5.73 Å². The van der Waals surface area contributed by atoms with Crippen LogP contribution in [0.2, 0.25) is 0 Å². The normalized spacial score (nSPS) is 17.9. The van der Waals surface area contributed by atoms with Crippen molar-refractivity contribution in [2.75, 3.05) is 5.32 Å². The summed E-state index contributed by atoms with van der Waals surface area (Å²) in [7, 11) is 0. The minimum Gasteiger partial charge on any atom is -0.327 e. The molecule has 0 bridgehead atoms. The van der Waals surface area contributed by atoms with Gasteiger partial charge >= 0.3 is 0 Å². The predicted octanol–water partition coefficient (Wildman–Crippen LogP) is 2.89. The summed E-state index contributed by atoms with van der Waals surface area (Å²) in [5, 5.41) is 3.60. The van der Waals surface area contributed by atoms with Gasteiger partial charge in [0.05, 0.1) is 10.6 Å². The van der Waals surface area contributed by atoms with Gasteiger partial charge in [-0.15, -0.1) is 22.7 Å². The van der Waals surface area contributed by atoms with Gasteiger partial charge in [0.1, 0.15) is 0 Å². The van der Waals surface area contributed by atoms with Crippen LogP contribution in [0.25, 0.3) is 0 Å². The number of rotatable bonds is 2. The maximum atomic E-state index is 12.2. The maximum absolute atomic E-state index is 12.2. The molecule has 1 aliphatic carbocycles. The van der Waals surface area contributed by atoms with E-state index >= 15 is 0 Å². The average molecular weight is 307 g/mol. The molecule has 2 aromatic heterocycles. The molecular formula is C14H17N3OS2. The molecule has 1 atom stereocenters. The van der Waals surface area contributed by atoms with Crippen LogP contribution in [-0.2, 0) is 12.8 Å². The van der Waals surface area contributed by atoms with Gasteiger partial charge in [-0.3, -0.25) is 10.1 Å². The number of nitrogens with zero attached hydrogens (tertiary/aromatic N) is 1. The van der Waals surface area contributed by atoms with Crippen LogP contribution in [0.5, 0.6) is 0 Å². The predicted molar refractivity (Wildman–Crippen MR) is 83.9 cm³/mol. The van der Waals surface area contributed by atoms with Crippen LogP contribution >= 0.6 is 22.7 Å². The number of nitrogens with one attached hydrogen (secondary N) is 1. The number of hydrogen-bond donors (Lipinski definition) is 2. The molecule has 2 aromatic rings. The molecule has 106 valence electrons. The summed E-state index contributed by atoms with van der Waals surface area (Å²) in [5.41, 5.74) is 8.22. The number of anilines is 1. The largest absolute Gasteiger partial charge is 0.327 e. The number of thiazole rings is 1. The highest BCUT2D eigenvalue weighted by atomic mass is 32.1. The molecule has 20 heavy (non-hydrogen) atoms. The first kappa shape index (κ1) is 13.7. The monoisotopic (exact) mass is 307 g/mol. The minimum atomic E-state index is -0.0680. The Morgan fingerprint density at radius 1 is 1.45 bits per heavy atom. The molecule has 3 N–H and O–H groups in total. The molecule has 6 heteroatoms. The van der Waals surface area contributed by atoms with E-state index in [1.807, 2.05) is 19.9 Å². The molecule has 1 amide bonds. The summed E-state index contributed by atoms with van der Waals surface area (Å²) in [4.78, 5) is 19.9. The number of thiophene rings is 1. The SMILES string of the molecule is Cc1cc(C(=O)Nc2nc3c(s2)C[C@@H](N)CC3)sc1C. The standard InChI is InChI=1S/C14H17N3OS2/c1-7-5-12(19-8(7)2)13(18)17-14-16-10-4-3-9(15)6-11(10)20-14/h5,9H,3-4,6,15H2,1-2H3,(H,16,17,18)/t9-/m0/s1. The third-order valence-corrected chi connectivity index (χ3v) is 5.77. The first-order chi connectivity index (χ1) is 9.52. The Morgan fingerprint density at radius 2 is 2.25 bits per heavy atom. The summed E-state index contributed by atoms with van der Waals surface area (Å²) in [6.45, 7) is 4.05. The number of hydrogen-bond acceptors (Lipinski definition) is 5. The van der Waals surface area contributed by atoms with Crippen molar-refractivity contribution < 1.29 is 4.79 Å². The summed E-state index contributed by atoms with van der Waals surface area (Å²) in [5.74, 6) is -0.0680. The number of aryl methyl sites for hydroxylation is 3. The molecule has 1 aliphatic rings. The highest BCUT2D eigenvalue weighted by molar-refractivity contribution is 7.16. The van der Waals surface area contributed by atoms with E-state index in [-0.39, 0.29) is 11.9 Å². The number of carbonyl (C=O) groups is 1. The van der Waals surface area contributed by atoms with Gasteiger partial charge < -0.3 is 5.73 Å². The molecule has 0 unspecified atom stereocenters. The van der Waals surface area contributed by atoms with Crippen LogP contribution in [0.4, 0.5) is 5.13 Å². The zero-order chi connectivity index (χ0) is 14.3.